The first-order valence-corrected chi connectivity index (χ1v) is 10.4. The first kappa shape index (κ1) is 19.0. The Morgan fingerprint density at radius 3 is 2.67 bits per heavy atom. The van der Waals surface area contributed by atoms with E-state index in [0.29, 0.717) is 17.8 Å². The van der Waals surface area contributed by atoms with Crippen molar-refractivity contribution in [1.29, 1.82) is 0 Å². The summed E-state index contributed by atoms with van der Waals surface area (Å²) in [5.41, 5.74) is 0.864. The molecule has 0 amide bonds. The van der Waals surface area contributed by atoms with Crippen LogP contribution in [0.5, 0.6) is 0 Å². The topological polar surface area (TPSA) is 85.4 Å². The van der Waals surface area contributed by atoms with Crippen molar-refractivity contribution in [3.8, 4) is 10.6 Å². The third-order valence-electron chi connectivity index (χ3n) is 3.18. The Balaban J connectivity index is 1.93. The second kappa shape index (κ2) is 8.70. The second-order valence-electron chi connectivity index (χ2n) is 4.93. The number of nitrogens with one attached hydrogen (secondary N) is 1. The predicted octanol–water partition coefficient (Wildman–Crippen LogP) is 3.19. The number of methoxy groups -OCH3 is 1. The number of nitrogens with zero attached hydrogens (tertiary/aromatic N) is 1. The van der Waals surface area contributed by atoms with Crippen molar-refractivity contribution in [2.45, 2.75) is 24.3 Å². The summed E-state index contributed by atoms with van der Waals surface area (Å²) in [7, 11) is -2.31. The number of esters is 1. The molecule has 0 saturated carbocycles. The van der Waals surface area contributed by atoms with Crippen molar-refractivity contribution in [3.63, 3.8) is 0 Å². The molecule has 1 N–H and O–H groups in total. The minimum atomic E-state index is -3.64. The molecule has 9 heteroatoms. The number of hydrogen-bond acceptors (Lipinski definition) is 6. The number of hydrogen-bond donors (Lipinski definition) is 1. The van der Waals surface area contributed by atoms with Gasteiger partial charge >= 0.3 is 5.97 Å². The molecule has 0 aliphatic rings. The van der Waals surface area contributed by atoms with Crippen LogP contribution >= 0.6 is 27.3 Å². The summed E-state index contributed by atoms with van der Waals surface area (Å²) in [4.78, 5) is 15.2. The zero-order valence-electron chi connectivity index (χ0n) is 13.0. The van der Waals surface area contributed by atoms with Gasteiger partial charge in [-0.2, -0.15) is 0 Å². The maximum absolute atomic E-state index is 12.2. The Kier molecular flexibility index (Phi) is 6.90. The number of sulfonamides is 1. The van der Waals surface area contributed by atoms with Crippen LogP contribution in [0.3, 0.4) is 0 Å². The molecule has 0 saturated heterocycles. The molecule has 0 bridgehead atoms. The van der Waals surface area contributed by atoms with E-state index in [2.05, 4.69) is 30.4 Å². The lowest BCUT2D eigenvalue weighted by atomic mass is 10.2. The zero-order valence-corrected chi connectivity index (χ0v) is 16.2. The van der Waals surface area contributed by atoms with Gasteiger partial charge in [0.25, 0.3) is 10.0 Å². The largest absolute Gasteiger partial charge is 0.469 e. The molecule has 0 unspecified atom stereocenters. The van der Waals surface area contributed by atoms with E-state index >= 15 is 0 Å². The van der Waals surface area contributed by atoms with Gasteiger partial charge in [0, 0.05) is 28.4 Å². The van der Waals surface area contributed by atoms with Crippen molar-refractivity contribution in [2.24, 2.45) is 0 Å². The van der Waals surface area contributed by atoms with E-state index in [1.165, 1.54) is 23.8 Å². The molecule has 0 fully saturated rings. The number of rotatable bonds is 8. The van der Waals surface area contributed by atoms with Crippen molar-refractivity contribution in [1.82, 2.24) is 9.71 Å². The van der Waals surface area contributed by atoms with Crippen molar-refractivity contribution in [3.05, 3.63) is 34.1 Å². The van der Waals surface area contributed by atoms with Crippen molar-refractivity contribution >= 4 is 43.3 Å². The van der Waals surface area contributed by atoms with E-state index < -0.39 is 10.0 Å². The standard InChI is InChI=1S/C15H17BrN2O4S2/c1-22-14(19)4-2-3-9-17-24(20,21)13-10-23-15(18-13)11-5-7-12(16)8-6-11/h5-8,10,17H,2-4,9H2,1H3. The number of ether oxygens (including phenoxy) is 1. The first-order valence-electron chi connectivity index (χ1n) is 7.20. The molecule has 2 rings (SSSR count). The minimum Gasteiger partial charge on any atom is -0.469 e. The fraction of sp³-hybridized carbons (Fsp3) is 0.333. The average Bonchev–Trinajstić information content (AvgIpc) is 3.05. The highest BCUT2D eigenvalue weighted by atomic mass is 79.9. The van der Waals surface area contributed by atoms with E-state index in [9.17, 15) is 13.2 Å². The van der Waals surface area contributed by atoms with Crippen LogP contribution in [-0.4, -0.2) is 33.0 Å². The lowest BCUT2D eigenvalue weighted by Crippen LogP contribution is -2.25. The smallest absolute Gasteiger partial charge is 0.305 e. The lowest BCUT2D eigenvalue weighted by molar-refractivity contribution is -0.140. The van der Waals surface area contributed by atoms with Crippen LogP contribution in [0.25, 0.3) is 10.6 Å². The summed E-state index contributed by atoms with van der Waals surface area (Å²) in [5.74, 6) is -0.295. The molecule has 1 heterocycles. The van der Waals surface area contributed by atoms with Gasteiger partial charge in [0.2, 0.25) is 0 Å². The number of halogens is 1. The molecule has 24 heavy (non-hydrogen) atoms. The Morgan fingerprint density at radius 2 is 2.00 bits per heavy atom. The van der Waals surface area contributed by atoms with Gasteiger partial charge in [-0.15, -0.1) is 11.3 Å². The van der Waals surface area contributed by atoms with Gasteiger partial charge in [-0.3, -0.25) is 4.79 Å². The fourth-order valence-electron chi connectivity index (χ4n) is 1.88. The molecule has 6 nitrogen and oxygen atoms in total. The molecule has 0 spiro atoms. The first-order chi connectivity index (χ1) is 11.4. The second-order valence-corrected chi connectivity index (χ2v) is 8.42. The molecule has 0 aliphatic heterocycles. The van der Waals surface area contributed by atoms with E-state index in [1.807, 2.05) is 24.3 Å². The molecule has 0 radical (unpaired) electrons. The highest BCUT2D eigenvalue weighted by molar-refractivity contribution is 9.10. The van der Waals surface area contributed by atoms with Gasteiger partial charge in [0.1, 0.15) is 5.01 Å². The predicted molar refractivity (Wildman–Crippen MR) is 96.3 cm³/mol. The molecular weight excluding hydrogens is 416 g/mol. The van der Waals surface area contributed by atoms with E-state index in [4.69, 9.17) is 0 Å². The summed E-state index contributed by atoms with van der Waals surface area (Å²) in [6.45, 7) is 0.254. The summed E-state index contributed by atoms with van der Waals surface area (Å²) in [5, 5.41) is 2.18. The number of carbonyl (C=O) groups is 1. The Morgan fingerprint density at radius 1 is 1.29 bits per heavy atom. The number of thiazole rings is 1. The van der Waals surface area contributed by atoms with Crippen molar-refractivity contribution < 1.29 is 17.9 Å². The summed E-state index contributed by atoms with van der Waals surface area (Å²) in [6, 6.07) is 7.51. The minimum absolute atomic E-state index is 0.0124. The maximum atomic E-state index is 12.2. The quantitative estimate of drug-likeness (QED) is 0.511. The zero-order chi connectivity index (χ0) is 17.6. The van der Waals surface area contributed by atoms with Gasteiger partial charge in [-0.25, -0.2) is 18.1 Å². The lowest BCUT2D eigenvalue weighted by Gasteiger charge is -2.04. The van der Waals surface area contributed by atoms with E-state index in [1.54, 1.807) is 0 Å². The SMILES string of the molecule is COC(=O)CCCCNS(=O)(=O)c1csc(-c2ccc(Br)cc2)n1. The Bertz CT molecular complexity index is 788. The van der Waals surface area contributed by atoms with Gasteiger partial charge in [0.05, 0.1) is 7.11 Å². The Labute approximate surface area is 153 Å². The monoisotopic (exact) mass is 432 g/mol. The number of carbonyl (C=O) groups excluding carboxylic acids is 1. The molecule has 130 valence electrons. The van der Waals surface area contributed by atoms with Crippen LogP contribution in [0.2, 0.25) is 0 Å². The molecule has 1 aromatic heterocycles. The normalized spacial score (nSPS) is 11.4. The maximum Gasteiger partial charge on any atom is 0.305 e. The summed E-state index contributed by atoms with van der Waals surface area (Å²) in [6.07, 6.45) is 1.40. The molecule has 0 atom stereocenters. The number of aromatic nitrogens is 1. The molecular formula is C15H17BrN2O4S2. The number of unbranched alkanes of at least 4 members (excludes halogenated alkanes) is 1. The van der Waals surface area contributed by atoms with Gasteiger partial charge in [0.15, 0.2) is 5.03 Å². The highest BCUT2D eigenvalue weighted by Gasteiger charge is 2.18. The van der Waals surface area contributed by atoms with E-state index in [-0.39, 0.29) is 24.0 Å². The van der Waals surface area contributed by atoms with Gasteiger partial charge < -0.3 is 4.74 Å². The Hall–Kier alpha value is -1.29. The summed E-state index contributed by atoms with van der Waals surface area (Å²) < 4.78 is 32.4. The molecule has 2 aromatic rings. The molecule has 1 aromatic carbocycles. The van der Waals surface area contributed by atoms with Crippen LogP contribution in [0.4, 0.5) is 0 Å². The molecule has 0 aliphatic carbocycles. The fourth-order valence-corrected chi connectivity index (χ4v) is 4.32. The van der Waals surface area contributed by atoms with Gasteiger partial charge in [-0.1, -0.05) is 28.1 Å². The highest BCUT2D eigenvalue weighted by Crippen LogP contribution is 2.26. The van der Waals surface area contributed by atoms with Crippen LogP contribution in [0, 0.1) is 0 Å². The van der Waals surface area contributed by atoms with Crippen LogP contribution in [0.15, 0.2) is 39.1 Å². The van der Waals surface area contributed by atoms with Crippen LogP contribution in [-0.2, 0) is 19.6 Å². The number of benzene rings is 1. The van der Waals surface area contributed by atoms with Crippen LogP contribution < -0.4 is 4.72 Å². The van der Waals surface area contributed by atoms with Crippen molar-refractivity contribution in [2.75, 3.05) is 13.7 Å². The third kappa shape index (κ3) is 5.37. The third-order valence-corrected chi connectivity index (χ3v) is 6.09. The summed E-state index contributed by atoms with van der Waals surface area (Å²) >= 11 is 4.64. The van der Waals surface area contributed by atoms with Gasteiger partial charge in [-0.05, 0) is 25.0 Å². The van der Waals surface area contributed by atoms with E-state index in [0.717, 1.165) is 10.0 Å². The van der Waals surface area contributed by atoms with Crippen LogP contribution in [0.1, 0.15) is 19.3 Å². The average molecular weight is 433 g/mol.